The van der Waals surface area contributed by atoms with Crippen molar-refractivity contribution in [1.29, 1.82) is 0 Å². The van der Waals surface area contributed by atoms with Crippen molar-refractivity contribution in [2.45, 2.75) is 45.1 Å². The van der Waals surface area contributed by atoms with Gasteiger partial charge in [-0.15, -0.1) is 6.58 Å². The van der Waals surface area contributed by atoms with Crippen LogP contribution in [0.25, 0.3) is 11.1 Å². The van der Waals surface area contributed by atoms with Crippen LogP contribution in [0.5, 0.6) is 0 Å². The molecule has 2 aliphatic rings. The van der Waals surface area contributed by atoms with Crippen LogP contribution >= 0.6 is 0 Å². The summed E-state index contributed by atoms with van der Waals surface area (Å²) in [6.07, 6.45) is 4.94. The molecule has 1 nitrogen and oxygen atoms in total. The van der Waals surface area contributed by atoms with Crippen LogP contribution in [0.3, 0.4) is 0 Å². The Labute approximate surface area is 162 Å². The van der Waals surface area contributed by atoms with Crippen molar-refractivity contribution in [2.24, 2.45) is 5.92 Å². The van der Waals surface area contributed by atoms with Gasteiger partial charge in [0, 0.05) is 17.0 Å². The first-order valence-corrected chi connectivity index (χ1v) is 9.62. The fourth-order valence-corrected chi connectivity index (χ4v) is 4.32. The van der Waals surface area contributed by atoms with E-state index in [1.54, 1.807) is 6.07 Å². The summed E-state index contributed by atoms with van der Waals surface area (Å²) in [5, 5.41) is 0. The largest absolute Gasteiger partial charge is 0.378 e. The van der Waals surface area contributed by atoms with Gasteiger partial charge in [0.15, 0.2) is 23.3 Å². The Hall–Kier alpha value is -2.14. The molecule has 2 aromatic rings. The average Bonchev–Trinajstić information content (AvgIpc) is 3.06. The summed E-state index contributed by atoms with van der Waals surface area (Å²) in [5.41, 5.74) is 1.13. The van der Waals surface area contributed by atoms with E-state index < -0.39 is 23.3 Å². The second kappa shape index (κ2) is 7.36. The molecule has 0 saturated carbocycles. The van der Waals surface area contributed by atoms with E-state index in [0.29, 0.717) is 36.5 Å². The van der Waals surface area contributed by atoms with Crippen molar-refractivity contribution in [3.8, 4) is 11.1 Å². The molecular formula is C23H22F4O. The lowest BCUT2D eigenvalue weighted by atomic mass is 9.94. The van der Waals surface area contributed by atoms with Crippen molar-refractivity contribution in [2.75, 3.05) is 6.61 Å². The van der Waals surface area contributed by atoms with E-state index in [2.05, 4.69) is 6.58 Å². The molecule has 1 saturated heterocycles. The number of ether oxygens (including phenoxy) is 1. The molecule has 5 heteroatoms. The molecule has 1 heterocycles. The van der Waals surface area contributed by atoms with E-state index in [1.807, 2.05) is 6.08 Å². The number of benzene rings is 2. The summed E-state index contributed by atoms with van der Waals surface area (Å²) < 4.78 is 63.7. The Morgan fingerprint density at radius 3 is 2.32 bits per heavy atom. The third-order valence-electron chi connectivity index (χ3n) is 5.94. The van der Waals surface area contributed by atoms with Gasteiger partial charge in [-0.3, -0.25) is 0 Å². The van der Waals surface area contributed by atoms with E-state index in [1.165, 1.54) is 13.0 Å². The maximum atomic E-state index is 14.8. The molecule has 2 unspecified atom stereocenters. The normalized spacial score (nSPS) is 20.8. The van der Waals surface area contributed by atoms with Crippen LogP contribution in [0.4, 0.5) is 17.6 Å². The molecule has 0 N–H and O–H groups in total. The number of aryl methyl sites for hydroxylation is 2. The number of hydrogen-bond acceptors (Lipinski definition) is 1. The van der Waals surface area contributed by atoms with Gasteiger partial charge in [0.2, 0.25) is 0 Å². The predicted octanol–water partition coefficient (Wildman–Crippen LogP) is 6.04. The van der Waals surface area contributed by atoms with E-state index in [0.717, 1.165) is 12.8 Å². The molecule has 2 aromatic carbocycles. The van der Waals surface area contributed by atoms with E-state index in [4.69, 9.17) is 4.74 Å². The highest BCUT2D eigenvalue weighted by Gasteiger charge is 2.31. The monoisotopic (exact) mass is 390 g/mol. The first kappa shape index (κ1) is 19.2. The van der Waals surface area contributed by atoms with Gasteiger partial charge in [-0.1, -0.05) is 18.2 Å². The minimum absolute atomic E-state index is 0.0123. The molecule has 0 spiro atoms. The summed E-state index contributed by atoms with van der Waals surface area (Å²) in [4.78, 5) is 0. The zero-order valence-corrected chi connectivity index (χ0v) is 15.8. The molecule has 0 radical (unpaired) electrons. The van der Waals surface area contributed by atoms with Crippen molar-refractivity contribution in [1.82, 2.24) is 0 Å². The zero-order valence-electron chi connectivity index (χ0n) is 15.8. The van der Waals surface area contributed by atoms with E-state index in [9.17, 15) is 17.6 Å². The fraction of sp³-hybridized carbons (Fsp3) is 0.391. The molecule has 148 valence electrons. The molecule has 1 aliphatic heterocycles. The van der Waals surface area contributed by atoms with Gasteiger partial charge in [0.1, 0.15) is 0 Å². The van der Waals surface area contributed by atoms with E-state index >= 15 is 0 Å². The van der Waals surface area contributed by atoms with Crippen LogP contribution in [0.2, 0.25) is 0 Å². The summed E-state index contributed by atoms with van der Waals surface area (Å²) >= 11 is 0. The van der Waals surface area contributed by atoms with Crippen LogP contribution in [0.1, 0.15) is 41.5 Å². The molecule has 4 rings (SSSR count). The van der Waals surface area contributed by atoms with Crippen molar-refractivity contribution < 1.29 is 22.3 Å². The lowest BCUT2D eigenvalue weighted by Gasteiger charge is -2.27. The lowest BCUT2D eigenvalue weighted by Crippen LogP contribution is -2.25. The Bertz CT molecular complexity index is 943. The third kappa shape index (κ3) is 3.16. The lowest BCUT2D eigenvalue weighted by molar-refractivity contribution is -0.00789. The summed E-state index contributed by atoms with van der Waals surface area (Å²) in [6, 6.07) is 3.10. The van der Waals surface area contributed by atoms with Gasteiger partial charge in [-0.25, -0.2) is 17.6 Å². The molecule has 0 aromatic heterocycles. The first-order valence-electron chi connectivity index (χ1n) is 9.62. The highest BCUT2D eigenvalue weighted by molar-refractivity contribution is 5.78. The van der Waals surface area contributed by atoms with Crippen LogP contribution < -0.4 is 0 Å². The van der Waals surface area contributed by atoms with Gasteiger partial charge in [-0.05, 0) is 61.3 Å². The Kier molecular flexibility index (Phi) is 5.04. The standard InChI is InChI=1S/C23H22F4O/c1-3-13-4-6-17(28-11-13)7-5-14-9-16-10-15-8-12(2)20(24)22(26)18(15)19(16)23(27)21(14)25/h3,8-9,13,17H,1,4-7,10-11H2,2H3. The highest BCUT2D eigenvalue weighted by Crippen LogP contribution is 2.43. The van der Waals surface area contributed by atoms with Crippen LogP contribution in [-0.2, 0) is 17.6 Å². The van der Waals surface area contributed by atoms with Gasteiger partial charge < -0.3 is 4.74 Å². The molecule has 0 amide bonds. The number of fused-ring (bicyclic) bond motifs is 3. The summed E-state index contributed by atoms with van der Waals surface area (Å²) in [6.45, 7) is 5.84. The van der Waals surface area contributed by atoms with Crippen LogP contribution in [0, 0.1) is 36.1 Å². The fourth-order valence-electron chi connectivity index (χ4n) is 4.32. The quantitative estimate of drug-likeness (QED) is 0.390. The Morgan fingerprint density at radius 1 is 1.00 bits per heavy atom. The van der Waals surface area contributed by atoms with Gasteiger partial charge >= 0.3 is 0 Å². The highest BCUT2D eigenvalue weighted by atomic mass is 19.2. The number of halogens is 4. The van der Waals surface area contributed by atoms with Crippen molar-refractivity contribution in [3.05, 3.63) is 70.3 Å². The van der Waals surface area contributed by atoms with Crippen molar-refractivity contribution in [3.63, 3.8) is 0 Å². The van der Waals surface area contributed by atoms with E-state index in [-0.39, 0.29) is 34.8 Å². The third-order valence-corrected chi connectivity index (χ3v) is 5.94. The van der Waals surface area contributed by atoms with Crippen LogP contribution in [0.15, 0.2) is 24.8 Å². The maximum absolute atomic E-state index is 14.8. The van der Waals surface area contributed by atoms with Gasteiger partial charge in [0.25, 0.3) is 0 Å². The minimum Gasteiger partial charge on any atom is -0.378 e. The average molecular weight is 390 g/mol. The predicted molar refractivity (Wildman–Crippen MR) is 100 cm³/mol. The number of hydrogen-bond donors (Lipinski definition) is 0. The van der Waals surface area contributed by atoms with Crippen LogP contribution in [-0.4, -0.2) is 12.7 Å². The minimum atomic E-state index is -1.10. The SMILES string of the molecule is C=CC1CCC(CCc2cc3c(c(F)c2F)-c2c(cc(C)c(F)c2F)C3)OC1. The molecule has 1 fully saturated rings. The topological polar surface area (TPSA) is 9.23 Å². The number of rotatable bonds is 4. The summed E-state index contributed by atoms with van der Waals surface area (Å²) in [7, 11) is 0. The maximum Gasteiger partial charge on any atom is 0.167 e. The molecule has 2 atom stereocenters. The Balaban J connectivity index is 1.59. The smallest absolute Gasteiger partial charge is 0.167 e. The Morgan fingerprint density at radius 2 is 1.68 bits per heavy atom. The second-order valence-electron chi connectivity index (χ2n) is 7.80. The molecule has 0 bridgehead atoms. The van der Waals surface area contributed by atoms with Gasteiger partial charge in [-0.2, -0.15) is 0 Å². The summed E-state index contributed by atoms with van der Waals surface area (Å²) in [5.74, 6) is -3.84. The molecular weight excluding hydrogens is 368 g/mol. The first-order chi connectivity index (χ1) is 13.4. The van der Waals surface area contributed by atoms with Crippen molar-refractivity contribution >= 4 is 0 Å². The van der Waals surface area contributed by atoms with Gasteiger partial charge in [0.05, 0.1) is 12.7 Å². The molecule has 1 aliphatic carbocycles. The second-order valence-corrected chi connectivity index (χ2v) is 7.80. The molecule has 28 heavy (non-hydrogen) atoms. The zero-order chi connectivity index (χ0) is 20.0.